The standard InChI is InChI=1S/C28H27FIN3O5.CH3.W/c1-15-25(32-22-10-9-19(30)14-21(22)29)24-26(38-28(15)36)23(16(2)33(27(24)35)11-6-12-37-4)18-7-5-8-20(13-18)31-17(3)34;;/h5,7-10,13-14,32H,6,11-12H2,1-4H3,(H,31,34);1H3;/q;-1;. The number of hydrogen-bond donors (Lipinski definition) is 2. The summed E-state index contributed by atoms with van der Waals surface area (Å²) in [6.07, 6.45) is 0.568. The monoisotopic (exact) mass is 830 g/mol. The number of nitrogens with zero attached hydrogens (tertiary/aromatic N) is 1. The zero-order chi connectivity index (χ0) is 27.6. The summed E-state index contributed by atoms with van der Waals surface area (Å²) < 4.78 is 28.1. The molecule has 2 aromatic carbocycles. The third kappa shape index (κ3) is 6.90. The van der Waals surface area contributed by atoms with Gasteiger partial charge in [-0.3, -0.25) is 9.59 Å². The Labute approximate surface area is 259 Å². The van der Waals surface area contributed by atoms with Gasteiger partial charge in [-0.05, 0) is 78.8 Å². The third-order valence-corrected chi connectivity index (χ3v) is 6.87. The molecule has 0 aliphatic carbocycles. The van der Waals surface area contributed by atoms with Crippen LogP contribution in [0.5, 0.6) is 0 Å². The largest absolute Gasteiger partial charge is 0.421 e. The van der Waals surface area contributed by atoms with E-state index in [9.17, 15) is 18.8 Å². The van der Waals surface area contributed by atoms with Crippen molar-refractivity contribution in [2.24, 2.45) is 0 Å². The summed E-state index contributed by atoms with van der Waals surface area (Å²) in [6.45, 7) is 5.51. The van der Waals surface area contributed by atoms with Gasteiger partial charge in [0.15, 0.2) is 5.58 Å². The molecule has 4 aromatic rings. The van der Waals surface area contributed by atoms with Crippen molar-refractivity contribution in [1.29, 1.82) is 0 Å². The van der Waals surface area contributed by atoms with Crippen molar-refractivity contribution < 1.29 is 39.4 Å². The molecule has 4 rings (SSSR count). The van der Waals surface area contributed by atoms with E-state index in [1.54, 1.807) is 48.9 Å². The maximum absolute atomic E-state index is 14.8. The molecule has 2 aromatic heterocycles. The van der Waals surface area contributed by atoms with Crippen LogP contribution in [0.2, 0.25) is 0 Å². The summed E-state index contributed by atoms with van der Waals surface area (Å²) in [5.41, 5.74) is 1.80. The Bertz CT molecular complexity index is 1670. The summed E-state index contributed by atoms with van der Waals surface area (Å²) in [5, 5.41) is 5.87. The zero-order valence-corrected chi connectivity index (χ0v) is 27.9. The van der Waals surface area contributed by atoms with Gasteiger partial charge in [0.25, 0.3) is 5.56 Å². The second-order valence-electron chi connectivity index (χ2n) is 8.87. The van der Waals surface area contributed by atoms with Crippen molar-refractivity contribution >= 4 is 56.5 Å². The van der Waals surface area contributed by atoms with Crippen LogP contribution in [0.3, 0.4) is 0 Å². The molecule has 212 valence electrons. The van der Waals surface area contributed by atoms with E-state index in [4.69, 9.17) is 9.15 Å². The summed E-state index contributed by atoms with van der Waals surface area (Å²) in [5.74, 6) is -0.755. The van der Waals surface area contributed by atoms with E-state index >= 15 is 0 Å². The van der Waals surface area contributed by atoms with Gasteiger partial charge in [-0.15, -0.1) is 0 Å². The van der Waals surface area contributed by atoms with Crippen molar-refractivity contribution in [3.8, 4) is 11.1 Å². The normalized spacial score (nSPS) is 10.6. The molecule has 0 unspecified atom stereocenters. The Morgan fingerprint density at radius 3 is 2.52 bits per heavy atom. The maximum Gasteiger partial charge on any atom is 0.341 e. The number of ether oxygens (including phenoxy) is 1. The average molecular weight is 830 g/mol. The Morgan fingerprint density at radius 1 is 1.15 bits per heavy atom. The van der Waals surface area contributed by atoms with Crippen LogP contribution in [-0.4, -0.2) is 24.2 Å². The van der Waals surface area contributed by atoms with Crippen molar-refractivity contribution in [2.75, 3.05) is 24.4 Å². The number of fused-ring (bicyclic) bond motifs is 1. The quantitative estimate of drug-likeness (QED) is 0.125. The van der Waals surface area contributed by atoms with Gasteiger partial charge in [-0.2, -0.15) is 0 Å². The fourth-order valence-corrected chi connectivity index (χ4v) is 4.86. The van der Waals surface area contributed by atoms with Crippen LogP contribution in [0.4, 0.5) is 21.5 Å². The molecule has 2 N–H and O–H groups in total. The molecular formula is C29H30FIN3O5W-. The Balaban J connectivity index is 0.00000280. The SMILES string of the molecule is COCCCn1c(C)c(-c2cccc(NC(C)=O)c2)c2oc(=O)c(C)c(Nc3ccc(I)cc3F)c2c1=O.[CH3-].[W]. The molecule has 0 aliphatic heterocycles. The minimum absolute atomic E-state index is 0. The number of methoxy groups -OCH3 is 1. The van der Waals surface area contributed by atoms with E-state index in [1.807, 2.05) is 28.7 Å². The van der Waals surface area contributed by atoms with E-state index in [1.165, 1.54) is 19.9 Å². The summed E-state index contributed by atoms with van der Waals surface area (Å²) in [7, 11) is 1.59. The first-order valence-electron chi connectivity index (χ1n) is 11.9. The number of pyridine rings is 1. The van der Waals surface area contributed by atoms with Crippen molar-refractivity contribution in [2.45, 2.75) is 33.7 Å². The molecule has 11 heteroatoms. The number of amides is 1. The van der Waals surface area contributed by atoms with Crippen LogP contribution in [-0.2, 0) is 37.1 Å². The number of hydrogen-bond acceptors (Lipinski definition) is 6. The van der Waals surface area contributed by atoms with Crippen molar-refractivity contribution in [1.82, 2.24) is 4.57 Å². The molecule has 0 aliphatic rings. The van der Waals surface area contributed by atoms with Gasteiger partial charge in [0, 0.05) is 68.8 Å². The van der Waals surface area contributed by atoms with Crippen molar-refractivity contribution in [3.05, 3.63) is 91.3 Å². The van der Waals surface area contributed by atoms with Gasteiger partial charge in [-0.1, -0.05) is 12.1 Å². The van der Waals surface area contributed by atoms with E-state index in [0.717, 1.165) is 0 Å². The van der Waals surface area contributed by atoms with Crippen molar-refractivity contribution in [3.63, 3.8) is 0 Å². The third-order valence-electron chi connectivity index (χ3n) is 6.20. The molecule has 0 saturated heterocycles. The predicted octanol–water partition coefficient (Wildman–Crippen LogP) is 6.17. The first-order valence-corrected chi connectivity index (χ1v) is 13.0. The topological polar surface area (TPSA) is 103 Å². The van der Waals surface area contributed by atoms with Gasteiger partial charge >= 0.3 is 5.63 Å². The number of carbonyl (C=O) groups excluding carboxylic acids is 1. The average Bonchev–Trinajstić information content (AvgIpc) is 2.85. The summed E-state index contributed by atoms with van der Waals surface area (Å²) >= 11 is 2.01. The Hall–Kier alpha value is -2.82. The van der Waals surface area contributed by atoms with E-state index in [-0.39, 0.29) is 67.9 Å². The van der Waals surface area contributed by atoms with Gasteiger partial charge in [0.1, 0.15) is 11.2 Å². The molecular weight excluding hydrogens is 800 g/mol. The number of aromatic nitrogens is 1. The first kappa shape index (κ1) is 33.4. The van der Waals surface area contributed by atoms with Gasteiger partial charge in [0.05, 0.1) is 16.9 Å². The Kier molecular flexibility index (Phi) is 11.8. The molecule has 2 heterocycles. The zero-order valence-electron chi connectivity index (χ0n) is 22.8. The minimum atomic E-state index is -0.652. The van der Waals surface area contributed by atoms with Gasteiger partial charge in [0.2, 0.25) is 5.91 Å². The molecule has 0 spiro atoms. The fraction of sp³-hybridized carbons (Fsp3) is 0.241. The first-order chi connectivity index (χ1) is 18.1. The molecule has 0 bridgehead atoms. The minimum Gasteiger partial charge on any atom is -0.421 e. The van der Waals surface area contributed by atoms with E-state index < -0.39 is 11.4 Å². The molecule has 0 saturated carbocycles. The number of carbonyl (C=O) groups is 1. The van der Waals surface area contributed by atoms with Crippen LogP contribution in [0.25, 0.3) is 22.1 Å². The number of halogens is 2. The van der Waals surface area contributed by atoms with Crippen LogP contribution in [0, 0.1) is 30.7 Å². The molecule has 0 fully saturated rings. The predicted molar refractivity (Wildman–Crippen MR) is 161 cm³/mol. The summed E-state index contributed by atoms with van der Waals surface area (Å²) in [4.78, 5) is 38.6. The second kappa shape index (κ2) is 14.2. The number of anilines is 3. The van der Waals surface area contributed by atoms with Crippen LogP contribution >= 0.6 is 22.6 Å². The number of nitrogens with one attached hydrogen (secondary N) is 2. The van der Waals surface area contributed by atoms with Gasteiger partial charge < -0.3 is 31.8 Å². The smallest absolute Gasteiger partial charge is 0.341 e. The fourth-order valence-electron chi connectivity index (χ4n) is 4.40. The maximum atomic E-state index is 14.8. The summed E-state index contributed by atoms with van der Waals surface area (Å²) in [6, 6.07) is 11.7. The van der Waals surface area contributed by atoms with Crippen LogP contribution in [0.15, 0.2) is 56.5 Å². The molecule has 0 radical (unpaired) electrons. The van der Waals surface area contributed by atoms with Crippen LogP contribution in [0.1, 0.15) is 24.6 Å². The van der Waals surface area contributed by atoms with Gasteiger partial charge in [-0.25, -0.2) is 9.18 Å². The second-order valence-corrected chi connectivity index (χ2v) is 10.1. The molecule has 1 amide bonds. The number of rotatable bonds is 8. The van der Waals surface area contributed by atoms with E-state index in [2.05, 4.69) is 10.6 Å². The number of benzene rings is 2. The Morgan fingerprint density at radius 2 is 1.88 bits per heavy atom. The van der Waals surface area contributed by atoms with Crippen LogP contribution < -0.4 is 21.8 Å². The molecule has 0 atom stereocenters. The van der Waals surface area contributed by atoms with E-state index in [0.29, 0.717) is 45.7 Å². The molecule has 40 heavy (non-hydrogen) atoms. The molecule has 8 nitrogen and oxygen atoms in total.